The molecule has 5 nitrogen and oxygen atoms in total. The van der Waals surface area contributed by atoms with Crippen LogP contribution in [0.25, 0.3) is 11.3 Å². The van der Waals surface area contributed by atoms with Gasteiger partial charge in [0.15, 0.2) is 11.5 Å². The second-order valence-electron chi connectivity index (χ2n) is 4.57. The number of aryl methyl sites for hydroxylation is 1. The normalized spacial score (nSPS) is 10.6. The van der Waals surface area contributed by atoms with Gasteiger partial charge in [-0.15, -0.1) is 0 Å². The van der Waals surface area contributed by atoms with Crippen LogP contribution in [0, 0.1) is 0 Å². The van der Waals surface area contributed by atoms with E-state index in [9.17, 15) is 0 Å². The van der Waals surface area contributed by atoms with Gasteiger partial charge < -0.3 is 19.8 Å². The van der Waals surface area contributed by atoms with Gasteiger partial charge in [-0.25, -0.2) is 4.98 Å². The third-order valence-corrected chi connectivity index (χ3v) is 3.29. The lowest BCUT2D eigenvalue weighted by molar-refractivity contribution is 0.356. The number of ether oxygens (including phenoxy) is 2. The number of hydrogen-bond acceptors (Lipinski definition) is 4. The lowest BCUT2D eigenvalue weighted by Crippen LogP contribution is -2.02. The molecule has 0 saturated carbocycles. The highest BCUT2D eigenvalue weighted by atomic mass is 16.5. The van der Waals surface area contributed by atoms with Gasteiger partial charge in [0.1, 0.15) is 11.5 Å². The zero-order chi connectivity index (χ0) is 14.5. The average Bonchev–Trinajstić information content (AvgIpc) is 2.85. The minimum Gasteiger partial charge on any atom is -0.493 e. The summed E-state index contributed by atoms with van der Waals surface area (Å²) in [7, 11) is 3.23. The number of aromatic nitrogens is 2. The van der Waals surface area contributed by atoms with Crippen molar-refractivity contribution in [3.8, 4) is 22.8 Å². The number of nitrogens with two attached hydrogens (primary N) is 1. The summed E-state index contributed by atoms with van der Waals surface area (Å²) in [6, 6.07) is 5.69. The number of benzene rings is 1. The summed E-state index contributed by atoms with van der Waals surface area (Å²) in [5.74, 6) is 1.99. The second kappa shape index (κ2) is 6.32. The molecule has 0 atom stereocenters. The van der Waals surface area contributed by atoms with Crippen molar-refractivity contribution < 1.29 is 9.47 Å². The Bertz CT molecular complexity index is 578. The minimum absolute atomic E-state index is 0.655. The van der Waals surface area contributed by atoms with Gasteiger partial charge in [-0.3, -0.25) is 0 Å². The minimum atomic E-state index is 0.655. The Morgan fingerprint density at radius 1 is 1.25 bits per heavy atom. The van der Waals surface area contributed by atoms with Crippen LogP contribution in [0.3, 0.4) is 0 Å². The third-order valence-electron chi connectivity index (χ3n) is 3.29. The van der Waals surface area contributed by atoms with Crippen molar-refractivity contribution in [2.24, 2.45) is 0 Å². The molecule has 5 heteroatoms. The van der Waals surface area contributed by atoms with Crippen LogP contribution < -0.4 is 15.2 Å². The lowest BCUT2D eigenvalue weighted by atomic mass is 10.1. The van der Waals surface area contributed by atoms with Gasteiger partial charge in [-0.1, -0.05) is 19.4 Å². The van der Waals surface area contributed by atoms with E-state index in [-0.39, 0.29) is 0 Å². The van der Waals surface area contributed by atoms with Crippen molar-refractivity contribution in [2.75, 3.05) is 20.0 Å². The van der Waals surface area contributed by atoms with E-state index in [1.165, 1.54) is 0 Å². The van der Waals surface area contributed by atoms with Crippen LogP contribution in [0.5, 0.6) is 11.5 Å². The monoisotopic (exact) mass is 275 g/mol. The first-order valence-electron chi connectivity index (χ1n) is 6.74. The summed E-state index contributed by atoms with van der Waals surface area (Å²) in [4.78, 5) is 4.43. The molecule has 0 spiro atoms. The maximum Gasteiger partial charge on any atom is 0.170 e. The average molecular weight is 275 g/mol. The SMILES string of the molecule is CCCCn1cnc(-c2cccc(OC)c2OC)c1N. The van der Waals surface area contributed by atoms with Crippen molar-refractivity contribution >= 4 is 5.82 Å². The molecule has 2 N–H and O–H groups in total. The van der Waals surface area contributed by atoms with Crippen molar-refractivity contribution in [1.29, 1.82) is 0 Å². The highest BCUT2D eigenvalue weighted by molar-refractivity contribution is 5.78. The number of anilines is 1. The van der Waals surface area contributed by atoms with E-state index in [1.54, 1.807) is 20.5 Å². The van der Waals surface area contributed by atoms with Gasteiger partial charge in [-0.05, 0) is 18.6 Å². The van der Waals surface area contributed by atoms with Crippen LogP contribution in [-0.2, 0) is 6.54 Å². The maximum absolute atomic E-state index is 6.20. The van der Waals surface area contributed by atoms with E-state index in [2.05, 4.69) is 11.9 Å². The third kappa shape index (κ3) is 2.57. The van der Waals surface area contributed by atoms with E-state index in [0.29, 0.717) is 17.3 Å². The van der Waals surface area contributed by atoms with Crippen molar-refractivity contribution in [2.45, 2.75) is 26.3 Å². The van der Waals surface area contributed by atoms with E-state index < -0.39 is 0 Å². The fourth-order valence-electron chi connectivity index (χ4n) is 2.18. The molecule has 2 rings (SSSR count). The molecule has 0 bridgehead atoms. The fraction of sp³-hybridized carbons (Fsp3) is 0.400. The zero-order valence-electron chi connectivity index (χ0n) is 12.2. The molecule has 0 radical (unpaired) electrons. The Balaban J connectivity index is 2.44. The molecule has 0 aliphatic heterocycles. The molecule has 0 aliphatic carbocycles. The summed E-state index contributed by atoms with van der Waals surface area (Å²) in [6.07, 6.45) is 3.98. The van der Waals surface area contributed by atoms with Crippen LogP contribution >= 0.6 is 0 Å². The smallest absolute Gasteiger partial charge is 0.170 e. The van der Waals surface area contributed by atoms with Crippen LogP contribution in [0.2, 0.25) is 0 Å². The maximum atomic E-state index is 6.20. The van der Waals surface area contributed by atoms with Crippen LogP contribution in [0.4, 0.5) is 5.82 Å². The first-order valence-corrected chi connectivity index (χ1v) is 6.74. The molecule has 0 fully saturated rings. The van der Waals surface area contributed by atoms with E-state index in [1.807, 2.05) is 22.8 Å². The van der Waals surface area contributed by atoms with Crippen LogP contribution in [0.15, 0.2) is 24.5 Å². The number of rotatable bonds is 6. The number of imidazole rings is 1. The summed E-state index contributed by atoms with van der Waals surface area (Å²) in [5.41, 5.74) is 7.78. The van der Waals surface area contributed by atoms with E-state index >= 15 is 0 Å². The summed E-state index contributed by atoms with van der Waals surface area (Å²) < 4.78 is 12.7. The fourth-order valence-corrected chi connectivity index (χ4v) is 2.18. The van der Waals surface area contributed by atoms with Gasteiger partial charge >= 0.3 is 0 Å². The largest absolute Gasteiger partial charge is 0.493 e. The molecule has 1 aromatic carbocycles. The van der Waals surface area contributed by atoms with Gasteiger partial charge in [0.2, 0.25) is 0 Å². The zero-order valence-corrected chi connectivity index (χ0v) is 12.2. The molecule has 2 aromatic rings. The van der Waals surface area contributed by atoms with E-state index in [0.717, 1.165) is 30.6 Å². The second-order valence-corrected chi connectivity index (χ2v) is 4.57. The molecule has 1 aromatic heterocycles. The van der Waals surface area contributed by atoms with Gasteiger partial charge in [-0.2, -0.15) is 0 Å². The molecular formula is C15H21N3O2. The standard InChI is InChI=1S/C15H21N3O2/c1-4-5-9-18-10-17-13(15(18)16)11-7-6-8-12(19-2)14(11)20-3/h6-8,10H,4-5,9,16H2,1-3H3. The topological polar surface area (TPSA) is 62.3 Å². The molecular weight excluding hydrogens is 254 g/mol. The van der Waals surface area contributed by atoms with Crippen LogP contribution in [-0.4, -0.2) is 23.8 Å². The lowest BCUT2D eigenvalue weighted by Gasteiger charge is -2.12. The summed E-state index contributed by atoms with van der Waals surface area (Å²) in [6.45, 7) is 3.03. The number of methoxy groups -OCH3 is 2. The number of nitrogens with zero attached hydrogens (tertiary/aromatic N) is 2. The predicted molar refractivity (Wildman–Crippen MR) is 80.1 cm³/mol. The Kier molecular flexibility index (Phi) is 4.50. The molecule has 0 aliphatic rings. The number of nitrogen functional groups attached to an aromatic ring is 1. The highest BCUT2D eigenvalue weighted by Crippen LogP contribution is 2.39. The molecule has 1 heterocycles. The first-order chi connectivity index (χ1) is 9.72. The summed E-state index contributed by atoms with van der Waals surface area (Å²) >= 11 is 0. The van der Waals surface area contributed by atoms with Gasteiger partial charge in [0.25, 0.3) is 0 Å². The van der Waals surface area contributed by atoms with Crippen molar-refractivity contribution in [3.63, 3.8) is 0 Å². The van der Waals surface area contributed by atoms with Crippen LogP contribution in [0.1, 0.15) is 19.8 Å². The van der Waals surface area contributed by atoms with Gasteiger partial charge in [0, 0.05) is 12.1 Å². The predicted octanol–water partition coefficient (Wildman–Crippen LogP) is 2.95. The number of para-hydroxylation sites is 1. The van der Waals surface area contributed by atoms with Crippen molar-refractivity contribution in [3.05, 3.63) is 24.5 Å². The summed E-state index contributed by atoms with van der Waals surface area (Å²) in [5, 5.41) is 0. The first kappa shape index (κ1) is 14.2. The highest BCUT2D eigenvalue weighted by Gasteiger charge is 2.17. The van der Waals surface area contributed by atoms with Gasteiger partial charge in [0.05, 0.1) is 20.5 Å². The Hall–Kier alpha value is -2.17. The Morgan fingerprint density at radius 3 is 2.70 bits per heavy atom. The van der Waals surface area contributed by atoms with Crippen molar-refractivity contribution in [1.82, 2.24) is 9.55 Å². The molecule has 0 amide bonds. The van der Waals surface area contributed by atoms with E-state index in [4.69, 9.17) is 15.2 Å². The number of unbranched alkanes of at least 4 members (excludes halogenated alkanes) is 1. The quantitative estimate of drug-likeness (QED) is 0.880. The number of hydrogen-bond donors (Lipinski definition) is 1. The molecule has 0 unspecified atom stereocenters. The molecule has 0 saturated heterocycles. The Labute approximate surface area is 119 Å². The molecule has 108 valence electrons. The molecule has 20 heavy (non-hydrogen) atoms. The Morgan fingerprint density at radius 2 is 2.05 bits per heavy atom.